The van der Waals surface area contributed by atoms with Gasteiger partial charge in [-0.15, -0.1) is 11.3 Å². The zero-order valence-electron chi connectivity index (χ0n) is 11.3. The molecule has 19 heavy (non-hydrogen) atoms. The van der Waals surface area contributed by atoms with E-state index in [1.165, 1.54) is 19.3 Å². The number of hydrogen-bond donors (Lipinski definition) is 2. The SMILES string of the molecule is CCCNc1nc(NCCC2CC2)c2ccsc2n1. The predicted octanol–water partition coefficient (Wildman–Crippen LogP) is 3.73. The van der Waals surface area contributed by atoms with Crippen molar-refractivity contribution in [3.8, 4) is 0 Å². The Hall–Kier alpha value is -1.36. The second-order valence-corrected chi connectivity index (χ2v) is 6.02. The summed E-state index contributed by atoms with van der Waals surface area (Å²) in [4.78, 5) is 10.2. The van der Waals surface area contributed by atoms with E-state index < -0.39 is 0 Å². The summed E-state index contributed by atoms with van der Waals surface area (Å²) in [7, 11) is 0. The summed E-state index contributed by atoms with van der Waals surface area (Å²) in [5, 5.41) is 9.97. The van der Waals surface area contributed by atoms with E-state index in [1.54, 1.807) is 11.3 Å². The van der Waals surface area contributed by atoms with E-state index in [0.717, 1.165) is 47.4 Å². The maximum absolute atomic E-state index is 4.60. The van der Waals surface area contributed by atoms with Crippen LogP contribution in [0.5, 0.6) is 0 Å². The zero-order chi connectivity index (χ0) is 13.1. The van der Waals surface area contributed by atoms with Gasteiger partial charge in [-0.2, -0.15) is 4.98 Å². The van der Waals surface area contributed by atoms with Crippen molar-refractivity contribution >= 4 is 33.3 Å². The van der Waals surface area contributed by atoms with Crippen molar-refractivity contribution in [2.75, 3.05) is 23.7 Å². The third kappa shape index (κ3) is 3.15. The van der Waals surface area contributed by atoms with Crippen LogP contribution in [-0.4, -0.2) is 23.1 Å². The normalized spacial score (nSPS) is 14.8. The highest BCUT2D eigenvalue weighted by atomic mass is 32.1. The summed E-state index contributed by atoms with van der Waals surface area (Å²) in [6, 6.07) is 2.10. The van der Waals surface area contributed by atoms with Gasteiger partial charge in [0.2, 0.25) is 5.95 Å². The van der Waals surface area contributed by atoms with Gasteiger partial charge in [0.25, 0.3) is 0 Å². The highest BCUT2D eigenvalue weighted by molar-refractivity contribution is 7.16. The molecular formula is C14H20N4S. The minimum atomic E-state index is 0.741. The lowest BCUT2D eigenvalue weighted by Gasteiger charge is -2.09. The summed E-state index contributed by atoms with van der Waals surface area (Å²) in [5.41, 5.74) is 0. The van der Waals surface area contributed by atoms with Crippen molar-refractivity contribution in [1.29, 1.82) is 0 Å². The number of nitrogens with one attached hydrogen (secondary N) is 2. The lowest BCUT2D eigenvalue weighted by Crippen LogP contribution is -2.09. The first-order valence-electron chi connectivity index (χ1n) is 7.10. The maximum atomic E-state index is 4.60. The summed E-state index contributed by atoms with van der Waals surface area (Å²) in [6.07, 6.45) is 5.15. The molecule has 0 spiro atoms. The predicted molar refractivity (Wildman–Crippen MR) is 82.0 cm³/mol. The maximum Gasteiger partial charge on any atom is 0.226 e. The minimum Gasteiger partial charge on any atom is -0.369 e. The monoisotopic (exact) mass is 276 g/mol. The number of aromatic nitrogens is 2. The Labute approximate surface area is 117 Å². The van der Waals surface area contributed by atoms with Crippen LogP contribution >= 0.6 is 11.3 Å². The van der Waals surface area contributed by atoms with Gasteiger partial charge in [0, 0.05) is 13.1 Å². The molecule has 0 aromatic carbocycles. The van der Waals surface area contributed by atoms with E-state index in [1.807, 2.05) is 0 Å². The van der Waals surface area contributed by atoms with E-state index in [4.69, 9.17) is 0 Å². The van der Waals surface area contributed by atoms with E-state index in [9.17, 15) is 0 Å². The molecule has 2 aromatic heterocycles. The lowest BCUT2D eigenvalue weighted by molar-refractivity contribution is 0.759. The van der Waals surface area contributed by atoms with Crippen LogP contribution < -0.4 is 10.6 Å². The van der Waals surface area contributed by atoms with E-state index >= 15 is 0 Å². The molecule has 2 heterocycles. The first-order valence-corrected chi connectivity index (χ1v) is 7.97. The Morgan fingerprint density at radius 1 is 1.26 bits per heavy atom. The van der Waals surface area contributed by atoms with Crippen molar-refractivity contribution in [3.63, 3.8) is 0 Å². The van der Waals surface area contributed by atoms with Gasteiger partial charge in [0.05, 0.1) is 5.39 Å². The summed E-state index contributed by atoms with van der Waals surface area (Å²) >= 11 is 1.67. The first kappa shape index (κ1) is 12.7. The molecule has 0 aliphatic heterocycles. The second kappa shape index (κ2) is 5.74. The van der Waals surface area contributed by atoms with Crippen LogP contribution in [0.3, 0.4) is 0 Å². The molecule has 3 rings (SSSR count). The molecule has 0 unspecified atom stereocenters. The quantitative estimate of drug-likeness (QED) is 0.809. The molecule has 102 valence electrons. The molecule has 0 saturated heterocycles. The molecule has 1 saturated carbocycles. The molecular weight excluding hydrogens is 256 g/mol. The van der Waals surface area contributed by atoms with Crippen molar-refractivity contribution in [1.82, 2.24) is 9.97 Å². The van der Waals surface area contributed by atoms with Crippen molar-refractivity contribution < 1.29 is 0 Å². The summed E-state index contributed by atoms with van der Waals surface area (Å²) in [5.74, 6) is 2.67. The van der Waals surface area contributed by atoms with Crippen molar-refractivity contribution in [2.24, 2.45) is 5.92 Å². The molecule has 2 aromatic rings. The lowest BCUT2D eigenvalue weighted by atomic mass is 10.3. The van der Waals surface area contributed by atoms with Crippen LogP contribution in [-0.2, 0) is 0 Å². The van der Waals surface area contributed by atoms with Gasteiger partial charge in [-0.05, 0) is 30.2 Å². The van der Waals surface area contributed by atoms with Crippen LogP contribution in [0.2, 0.25) is 0 Å². The van der Waals surface area contributed by atoms with E-state index in [-0.39, 0.29) is 0 Å². The van der Waals surface area contributed by atoms with Crippen molar-refractivity contribution in [3.05, 3.63) is 11.4 Å². The number of rotatable bonds is 7. The van der Waals surface area contributed by atoms with Gasteiger partial charge in [-0.25, -0.2) is 4.98 Å². The van der Waals surface area contributed by atoms with Gasteiger partial charge in [-0.1, -0.05) is 19.8 Å². The molecule has 4 nitrogen and oxygen atoms in total. The van der Waals surface area contributed by atoms with Gasteiger partial charge in [0.1, 0.15) is 10.6 Å². The molecule has 0 bridgehead atoms. The zero-order valence-corrected chi connectivity index (χ0v) is 12.1. The van der Waals surface area contributed by atoms with Gasteiger partial charge in [0.15, 0.2) is 0 Å². The fourth-order valence-electron chi connectivity index (χ4n) is 2.11. The highest BCUT2D eigenvalue weighted by Crippen LogP contribution is 2.32. The van der Waals surface area contributed by atoms with Crippen LogP contribution in [0, 0.1) is 5.92 Å². The first-order chi connectivity index (χ1) is 9.36. The Morgan fingerprint density at radius 2 is 2.16 bits per heavy atom. The fourth-order valence-corrected chi connectivity index (χ4v) is 2.87. The number of nitrogens with zero attached hydrogens (tertiary/aromatic N) is 2. The second-order valence-electron chi connectivity index (χ2n) is 5.12. The molecule has 1 aliphatic rings. The van der Waals surface area contributed by atoms with Gasteiger partial charge >= 0.3 is 0 Å². The Morgan fingerprint density at radius 3 is 2.95 bits per heavy atom. The summed E-state index contributed by atoms with van der Waals surface area (Å²) in [6.45, 7) is 4.07. The standard InChI is InChI=1S/C14H20N4S/c1-2-7-16-14-17-12(15-8-5-10-3-4-10)11-6-9-19-13(11)18-14/h6,9-10H,2-5,7-8H2,1H3,(H2,15,16,17,18). The number of thiophene rings is 1. The minimum absolute atomic E-state index is 0.741. The van der Waals surface area contributed by atoms with Crippen LogP contribution in [0.1, 0.15) is 32.6 Å². The Bertz CT molecular complexity index is 547. The van der Waals surface area contributed by atoms with E-state index in [2.05, 4.69) is 39.0 Å². The smallest absolute Gasteiger partial charge is 0.226 e. The van der Waals surface area contributed by atoms with E-state index in [0.29, 0.717) is 0 Å². The average molecular weight is 276 g/mol. The number of hydrogen-bond acceptors (Lipinski definition) is 5. The molecule has 1 aliphatic carbocycles. The number of fused-ring (bicyclic) bond motifs is 1. The van der Waals surface area contributed by atoms with Crippen LogP contribution in [0.25, 0.3) is 10.2 Å². The third-order valence-electron chi connectivity index (χ3n) is 3.40. The summed E-state index contributed by atoms with van der Waals surface area (Å²) < 4.78 is 0. The molecule has 0 radical (unpaired) electrons. The molecule has 5 heteroatoms. The molecule has 2 N–H and O–H groups in total. The topological polar surface area (TPSA) is 49.8 Å². The number of anilines is 2. The highest BCUT2D eigenvalue weighted by Gasteiger charge is 2.20. The molecule has 0 atom stereocenters. The fraction of sp³-hybridized carbons (Fsp3) is 0.571. The average Bonchev–Trinajstić information content (AvgIpc) is 3.12. The van der Waals surface area contributed by atoms with Crippen LogP contribution in [0.4, 0.5) is 11.8 Å². The van der Waals surface area contributed by atoms with Crippen LogP contribution in [0.15, 0.2) is 11.4 Å². The Kier molecular flexibility index (Phi) is 3.82. The van der Waals surface area contributed by atoms with Crippen molar-refractivity contribution in [2.45, 2.75) is 32.6 Å². The largest absolute Gasteiger partial charge is 0.369 e. The Balaban J connectivity index is 1.75. The molecule has 0 amide bonds. The van der Waals surface area contributed by atoms with Gasteiger partial charge in [-0.3, -0.25) is 0 Å². The third-order valence-corrected chi connectivity index (χ3v) is 4.21. The van der Waals surface area contributed by atoms with Gasteiger partial charge < -0.3 is 10.6 Å². The molecule has 1 fully saturated rings.